The van der Waals surface area contributed by atoms with Crippen LogP contribution in [0.3, 0.4) is 0 Å². The zero-order valence-electron chi connectivity index (χ0n) is 76.4. The Morgan fingerprint density at radius 3 is 0.740 bits per heavy atom. The van der Waals surface area contributed by atoms with Crippen LogP contribution in [-0.4, -0.2) is 76.3 Å². The molecule has 0 atom stereocenters. The van der Waals surface area contributed by atoms with E-state index in [-0.39, 0.29) is 31.9 Å². The molecule has 0 aliphatic carbocycles. The number of fused-ring (bicyclic) bond motifs is 12. The lowest BCUT2D eigenvalue weighted by molar-refractivity contribution is -0.116. The number of thiophene rings is 3. The molecule has 6 nitrogen and oxygen atoms in total. The van der Waals surface area contributed by atoms with E-state index in [1.807, 2.05) is 52.0 Å². The van der Waals surface area contributed by atoms with Crippen molar-refractivity contribution in [3.8, 4) is 71.0 Å². The largest absolute Gasteiger partial charge is 0.366 e. The van der Waals surface area contributed by atoms with Gasteiger partial charge in [-0.25, -0.2) is 0 Å². The summed E-state index contributed by atoms with van der Waals surface area (Å²) in [7, 11) is 10.4. The fourth-order valence-corrected chi connectivity index (χ4v) is 20.5. The van der Waals surface area contributed by atoms with Crippen LogP contribution in [0.2, 0.25) is 0 Å². The van der Waals surface area contributed by atoms with Crippen LogP contribution in [-0.2, 0) is 28.4 Å². The topological polar surface area (TPSA) is 55.4 Å². The molecule has 0 fully saturated rings. The number of hydrogen-bond acceptors (Lipinski definition) is 9. The van der Waals surface area contributed by atoms with Gasteiger partial charge < -0.3 is 28.4 Å². The van der Waals surface area contributed by atoms with E-state index in [1.54, 1.807) is 66.1 Å². The van der Waals surface area contributed by atoms with Gasteiger partial charge in [0, 0.05) is 128 Å². The average Bonchev–Trinajstić information content (AvgIpc) is 1.74. The molecule has 0 saturated heterocycles. The predicted molar refractivity (Wildman–Crippen MR) is 524 cm³/mol. The third-order valence-electron chi connectivity index (χ3n) is 25.2. The minimum Gasteiger partial charge on any atom is -0.366 e. The van der Waals surface area contributed by atoms with E-state index < -0.39 is 33.6 Å². The number of rotatable bonds is 10. The van der Waals surface area contributed by atoms with Crippen molar-refractivity contribution < 1.29 is 37.2 Å². The normalized spacial score (nSPS) is 12.7. The molecule has 3 aromatic heterocycles. The first-order valence-electron chi connectivity index (χ1n) is 42.5. The van der Waals surface area contributed by atoms with Crippen LogP contribution in [0.5, 0.6) is 0 Å². The van der Waals surface area contributed by atoms with Gasteiger partial charge in [0.25, 0.3) is 0 Å². The van der Waals surface area contributed by atoms with Crippen molar-refractivity contribution in [1.29, 1.82) is 0 Å². The number of hydrogen-bond donors (Lipinski definition) is 0. The van der Waals surface area contributed by atoms with Crippen LogP contribution in [0.25, 0.3) is 127 Å². The highest BCUT2D eigenvalue weighted by atomic mass is 32.1. The van der Waals surface area contributed by atoms with E-state index in [0.717, 1.165) is 188 Å². The Hall–Kier alpha value is -10.2. The second-order valence-electron chi connectivity index (χ2n) is 37.3. The Morgan fingerprint density at radius 2 is 0.496 bits per heavy atom. The maximum absolute atomic E-state index is 14.5. The SMILES string of the molecule is CCC(C#Cc1c2cc3ccccc3cc2c(C#CC(CC)(CC)OC)c2cc3sc(F)cc3cc12)(CC)OC.COC(C#Cc1c2cc3ccccc3cc2c(C#CC(OC)(C(C)(C)C)C(C)(C)C)c2cc3sccc3cc12)(C(C)(C)C)C(C)(C)C.COC(C)(C)C#Cc1c2cc3ccccc3cc2c(C#CC(C)(C)OC)c2cc3sc(F)cc3cc12. The zero-order chi connectivity index (χ0) is 89.0. The standard InChI is InChI=1S/C44H52O2S.C36H35FO2S.C32H27FO2S/c1-39(2,3)43(45-13,40(4,5)6)22-19-32-34-25-29-17-15-16-18-30(29)26-35(34)33(37-28-38-31(21-24-47-38)27-36(32)37)20-23-44(46-14,41(7,8)9)42(10,11)12;1-7-35(8-2,38-5)17-15-27-29-19-24-13-11-12-14-25(24)20-30(29)28(16-18-36(9-3,10-4)39-6)32-23-33-26(21-31(27)32)22-34(37)40-33;1-31(2,34-5)13-11-23-25-15-20-9-7-8-10-21(20)16-26(25)24(12-14-32(3,4)35-6)28-19-29-22(17-27(23)28)18-30(33)36-29/h15-18,21,24-28H,1-14H3;11-14,19-23H,7-10H2,1-6H3;7-10,15-19H,1-6H3. The lowest BCUT2D eigenvalue weighted by atomic mass is 9.62. The minimum atomic E-state index is -0.696. The monoisotopic (exact) mass is 1690 g/mol. The van der Waals surface area contributed by atoms with E-state index in [4.69, 9.17) is 28.4 Å². The molecule has 0 aliphatic heterocycles. The molecular formula is C112H114F2O6S3. The second-order valence-corrected chi connectivity index (χ2v) is 40.3. The predicted octanol–water partition coefficient (Wildman–Crippen LogP) is 29.7. The Kier molecular flexibility index (Phi) is 25.6. The van der Waals surface area contributed by atoms with Gasteiger partial charge in [0.05, 0.1) is 0 Å². The van der Waals surface area contributed by atoms with E-state index in [9.17, 15) is 8.78 Å². The Bertz CT molecular complexity index is 6640. The first-order valence-corrected chi connectivity index (χ1v) is 45.0. The molecule has 15 aromatic rings. The number of methoxy groups -OCH3 is 6. The first kappa shape index (κ1) is 90.6. The molecule has 12 aromatic carbocycles. The molecule has 0 saturated carbocycles. The summed E-state index contributed by atoms with van der Waals surface area (Å²) in [5, 5.41) is 23.9. The fourth-order valence-electron chi connectivity index (χ4n) is 18.0. The van der Waals surface area contributed by atoms with E-state index >= 15 is 0 Å². The Morgan fingerprint density at radius 1 is 0.260 bits per heavy atom. The van der Waals surface area contributed by atoms with Crippen LogP contribution < -0.4 is 0 Å². The second kappa shape index (κ2) is 34.8. The van der Waals surface area contributed by atoms with Gasteiger partial charge in [0.15, 0.2) is 10.3 Å². The van der Waals surface area contributed by atoms with Crippen molar-refractivity contribution in [2.75, 3.05) is 42.7 Å². The summed E-state index contributed by atoms with van der Waals surface area (Å²) in [4.78, 5) is 0. The molecule has 0 aliphatic rings. The summed E-state index contributed by atoms with van der Waals surface area (Å²) < 4.78 is 67.5. The molecular weight excluding hydrogens is 1580 g/mol. The number of halogens is 2. The van der Waals surface area contributed by atoms with Crippen molar-refractivity contribution in [2.45, 2.75) is 198 Å². The molecule has 123 heavy (non-hydrogen) atoms. The van der Waals surface area contributed by atoms with Crippen LogP contribution in [0.1, 0.15) is 198 Å². The zero-order valence-corrected chi connectivity index (χ0v) is 78.9. The molecule has 0 unspecified atom stereocenters. The summed E-state index contributed by atoms with van der Waals surface area (Å²) in [6.45, 7) is 42.9. The number of ether oxygens (including phenoxy) is 6. The van der Waals surface area contributed by atoms with Gasteiger partial charge in [-0.3, -0.25) is 0 Å². The van der Waals surface area contributed by atoms with Crippen molar-refractivity contribution >= 4 is 161 Å². The van der Waals surface area contributed by atoms with Gasteiger partial charge in [-0.15, -0.1) is 34.0 Å². The third kappa shape index (κ3) is 17.4. The van der Waals surface area contributed by atoms with Gasteiger partial charge in [-0.2, -0.15) is 8.78 Å². The van der Waals surface area contributed by atoms with Crippen molar-refractivity contribution in [3.63, 3.8) is 0 Å². The highest BCUT2D eigenvalue weighted by Gasteiger charge is 2.52. The van der Waals surface area contributed by atoms with Gasteiger partial charge in [-0.1, -0.05) is 255 Å². The van der Waals surface area contributed by atoms with Crippen molar-refractivity contribution in [2.24, 2.45) is 21.7 Å². The Balaban J connectivity index is 0.000000160. The number of benzene rings is 12. The summed E-state index contributed by atoms with van der Waals surface area (Å²) in [5.74, 6) is 42.6. The molecule has 3 heterocycles. The van der Waals surface area contributed by atoms with Crippen LogP contribution in [0.15, 0.2) is 169 Å². The molecule has 15 rings (SSSR count). The molecule has 0 amide bonds. The van der Waals surface area contributed by atoms with Gasteiger partial charge in [-0.05, 0) is 247 Å². The van der Waals surface area contributed by atoms with Crippen molar-refractivity contribution in [1.82, 2.24) is 0 Å². The lowest BCUT2D eigenvalue weighted by Crippen LogP contribution is -2.53. The first-order chi connectivity index (χ1) is 58.2. The minimum absolute atomic E-state index is 0.202. The molecule has 0 N–H and O–H groups in total. The van der Waals surface area contributed by atoms with E-state index in [2.05, 4.69) is 315 Å². The quantitative estimate of drug-likeness (QED) is 0.100. The van der Waals surface area contributed by atoms with E-state index in [1.165, 1.54) is 20.9 Å². The maximum atomic E-state index is 14.5. The van der Waals surface area contributed by atoms with Crippen LogP contribution in [0.4, 0.5) is 8.78 Å². The average molecular weight is 1690 g/mol. The van der Waals surface area contributed by atoms with Gasteiger partial charge >= 0.3 is 0 Å². The Labute approximate surface area is 739 Å². The van der Waals surface area contributed by atoms with E-state index in [0.29, 0.717) is 0 Å². The molecule has 0 spiro atoms. The van der Waals surface area contributed by atoms with Gasteiger partial charge in [0.2, 0.25) is 0 Å². The molecule has 630 valence electrons. The highest BCUT2D eigenvalue weighted by molar-refractivity contribution is 7.18. The smallest absolute Gasteiger partial charge is 0.177 e. The molecule has 0 bridgehead atoms. The molecule has 11 heteroatoms. The summed E-state index contributed by atoms with van der Waals surface area (Å²) in [6, 6.07) is 56.9. The summed E-state index contributed by atoms with van der Waals surface area (Å²) in [5.41, 5.74) is 1.01. The highest BCUT2D eigenvalue weighted by Crippen LogP contribution is 2.50. The van der Waals surface area contributed by atoms with Crippen LogP contribution in [0, 0.1) is 103 Å². The summed E-state index contributed by atoms with van der Waals surface area (Å²) >= 11 is 4.06. The summed E-state index contributed by atoms with van der Waals surface area (Å²) in [6.07, 6.45) is 3.12. The van der Waals surface area contributed by atoms with Crippen molar-refractivity contribution in [3.05, 3.63) is 213 Å². The molecule has 0 radical (unpaired) electrons. The lowest BCUT2D eigenvalue weighted by Gasteiger charge is -2.48. The third-order valence-corrected chi connectivity index (χ3v) is 27.8. The maximum Gasteiger partial charge on any atom is 0.177 e. The van der Waals surface area contributed by atoms with Gasteiger partial charge in [0.1, 0.15) is 33.6 Å². The van der Waals surface area contributed by atoms with Crippen LogP contribution >= 0.6 is 34.0 Å². The fraction of sp³-hybridized carbons (Fsp3) is 0.357.